The van der Waals surface area contributed by atoms with Gasteiger partial charge in [-0.3, -0.25) is 14.4 Å². The van der Waals surface area contributed by atoms with Crippen LogP contribution in [0.2, 0.25) is 0 Å². The van der Waals surface area contributed by atoms with Crippen LogP contribution >= 0.6 is 0 Å². The van der Waals surface area contributed by atoms with Gasteiger partial charge >= 0.3 is 0 Å². The quantitative estimate of drug-likeness (QED) is 0.640. The van der Waals surface area contributed by atoms with Crippen LogP contribution in [-0.2, 0) is 6.42 Å². The zero-order chi connectivity index (χ0) is 11.7. The third-order valence-electron chi connectivity index (χ3n) is 3.59. The maximum absolute atomic E-state index is 11.8. The van der Waals surface area contributed by atoms with Gasteiger partial charge in [-0.05, 0) is 23.1 Å². The average molecular weight is 222 g/mol. The van der Waals surface area contributed by atoms with Crippen molar-refractivity contribution >= 4 is 28.1 Å². The molecule has 0 aliphatic heterocycles. The van der Waals surface area contributed by atoms with Crippen LogP contribution in [-0.4, -0.2) is 17.3 Å². The minimum absolute atomic E-state index is 0.0653. The van der Waals surface area contributed by atoms with Crippen molar-refractivity contribution in [2.24, 2.45) is 0 Å². The predicted octanol–water partition coefficient (Wildman–Crippen LogP) is 1.96. The van der Waals surface area contributed by atoms with Gasteiger partial charge in [-0.1, -0.05) is 12.1 Å². The Morgan fingerprint density at radius 2 is 1.29 bits per heavy atom. The van der Waals surface area contributed by atoms with Gasteiger partial charge < -0.3 is 0 Å². The van der Waals surface area contributed by atoms with Crippen LogP contribution in [0.4, 0.5) is 0 Å². The van der Waals surface area contributed by atoms with Gasteiger partial charge in [0.2, 0.25) is 11.6 Å². The van der Waals surface area contributed by atoms with Crippen molar-refractivity contribution in [3.05, 3.63) is 46.5 Å². The fraction of sp³-hybridized carbons (Fsp3) is 0.0714. The van der Waals surface area contributed by atoms with Crippen molar-refractivity contribution in [3.8, 4) is 0 Å². The average Bonchev–Trinajstić information content (AvgIpc) is 2.77. The number of hydrogen-bond donors (Lipinski definition) is 0. The van der Waals surface area contributed by atoms with E-state index in [-0.39, 0.29) is 5.78 Å². The first-order valence-corrected chi connectivity index (χ1v) is 5.39. The van der Waals surface area contributed by atoms with Gasteiger partial charge in [0.15, 0.2) is 5.78 Å². The number of ketones is 3. The van der Waals surface area contributed by atoms with Crippen molar-refractivity contribution in [2.45, 2.75) is 6.42 Å². The Bertz CT molecular complexity index is 748. The molecular weight excluding hydrogens is 216 g/mol. The lowest BCUT2D eigenvalue weighted by molar-refractivity contribution is 0.0825. The summed E-state index contributed by atoms with van der Waals surface area (Å²) < 4.78 is 0. The summed E-state index contributed by atoms with van der Waals surface area (Å²) in [6.45, 7) is 0. The third kappa shape index (κ3) is 0.826. The molecule has 0 radical (unpaired) electrons. The zero-order valence-electron chi connectivity index (χ0n) is 8.74. The largest absolute Gasteiger partial charge is 0.294 e. The van der Waals surface area contributed by atoms with Crippen LogP contribution in [0, 0.1) is 0 Å². The maximum atomic E-state index is 11.8. The second kappa shape index (κ2) is 2.51. The van der Waals surface area contributed by atoms with Crippen LogP contribution < -0.4 is 0 Å². The molecule has 2 aliphatic rings. The van der Waals surface area contributed by atoms with E-state index < -0.39 is 11.6 Å². The molecule has 80 valence electrons. The van der Waals surface area contributed by atoms with Gasteiger partial charge in [-0.25, -0.2) is 0 Å². The van der Waals surface area contributed by atoms with E-state index in [2.05, 4.69) is 0 Å². The first kappa shape index (κ1) is 8.82. The minimum atomic E-state index is -0.456. The van der Waals surface area contributed by atoms with Crippen molar-refractivity contribution in [2.75, 3.05) is 0 Å². The molecule has 2 aromatic carbocycles. The lowest BCUT2D eigenvalue weighted by Crippen LogP contribution is -2.06. The summed E-state index contributed by atoms with van der Waals surface area (Å²) in [6.07, 6.45) is 0.373. The molecular formula is C14H6O3. The Kier molecular flexibility index (Phi) is 1.30. The summed E-state index contributed by atoms with van der Waals surface area (Å²) in [6, 6.07) is 6.71. The minimum Gasteiger partial charge on any atom is -0.294 e. The van der Waals surface area contributed by atoms with E-state index in [1.165, 1.54) is 0 Å². The number of Topliss-reactive ketones (excluding diaryl/α,β-unsaturated/α-hetero) is 3. The maximum Gasteiger partial charge on any atom is 0.234 e. The van der Waals surface area contributed by atoms with Gasteiger partial charge in [0.25, 0.3) is 0 Å². The summed E-state index contributed by atoms with van der Waals surface area (Å²) in [4.78, 5) is 35.3. The highest BCUT2D eigenvalue weighted by molar-refractivity contribution is 6.57. The first-order chi connectivity index (χ1) is 8.18. The van der Waals surface area contributed by atoms with Gasteiger partial charge in [0.05, 0.1) is 0 Å². The van der Waals surface area contributed by atoms with E-state index in [9.17, 15) is 14.4 Å². The molecule has 0 N–H and O–H groups in total. The molecule has 2 aliphatic carbocycles. The fourth-order valence-corrected chi connectivity index (χ4v) is 2.84. The van der Waals surface area contributed by atoms with Gasteiger partial charge in [0.1, 0.15) is 0 Å². The van der Waals surface area contributed by atoms with E-state index in [4.69, 9.17) is 0 Å². The van der Waals surface area contributed by atoms with Crippen molar-refractivity contribution in [1.29, 1.82) is 0 Å². The Hall–Kier alpha value is -2.29. The summed E-state index contributed by atoms with van der Waals surface area (Å²) >= 11 is 0. The number of carbonyl (C=O) groups excluding carboxylic acids is 3. The molecule has 0 atom stereocenters. The lowest BCUT2D eigenvalue weighted by atomic mass is 10.0. The molecule has 3 nitrogen and oxygen atoms in total. The topological polar surface area (TPSA) is 51.2 Å². The summed E-state index contributed by atoms with van der Waals surface area (Å²) in [7, 11) is 0. The van der Waals surface area contributed by atoms with E-state index in [0.717, 1.165) is 10.9 Å². The zero-order valence-corrected chi connectivity index (χ0v) is 8.74. The van der Waals surface area contributed by atoms with E-state index in [1.54, 1.807) is 24.3 Å². The molecule has 0 saturated heterocycles. The molecule has 0 amide bonds. The van der Waals surface area contributed by atoms with Crippen LogP contribution in [0.1, 0.15) is 36.6 Å². The van der Waals surface area contributed by atoms with E-state index in [1.807, 2.05) is 0 Å². The van der Waals surface area contributed by atoms with Crippen LogP contribution in [0.5, 0.6) is 0 Å². The van der Waals surface area contributed by atoms with E-state index >= 15 is 0 Å². The van der Waals surface area contributed by atoms with Crippen molar-refractivity contribution in [1.82, 2.24) is 0 Å². The summed E-state index contributed by atoms with van der Waals surface area (Å²) in [5.74, 6) is -0.846. The molecule has 0 fully saturated rings. The number of rotatable bonds is 0. The van der Waals surface area contributed by atoms with Crippen LogP contribution in [0.3, 0.4) is 0 Å². The fourth-order valence-electron chi connectivity index (χ4n) is 2.84. The van der Waals surface area contributed by atoms with Crippen LogP contribution in [0.25, 0.3) is 10.8 Å². The molecule has 0 unspecified atom stereocenters. The van der Waals surface area contributed by atoms with E-state index in [0.29, 0.717) is 28.5 Å². The SMILES string of the molecule is O=C1Cc2ccc3c4c(ccc1c24)C(=O)C3=O. The van der Waals surface area contributed by atoms with Crippen LogP contribution in [0.15, 0.2) is 24.3 Å². The second-order valence-electron chi connectivity index (χ2n) is 4.44. The highest BCUT2D eigenvalue weighted by Gasteiger charge is 2.35. The molecule has 0 aromatic heterocycles. The van der Waals surface area contributed by atoms with Gasteiger partial charge in [-0.2, -0.15) is 0 Å². The normalized spacial score (nSPS) is 16.4. The molecule has 0 heterocycles. The Labute approximate surface area is 96.0 Å². The molecule has 0 saturated carbocycles. The first-order valence-electron chi connectivity index (χ1n) is 5.39. The van der Waals surface area contributed by atoms with Crippen molar-refractivity contribution in [3.63, 3.8) is 0 Å². The summed E-state index contributed by atoms with van der Waals surface area (Å²) in [5.41, 5.74) is 2.46. The molecule has 17 heavy (non-hydrogen) atoms. The molecule has 3 heteroatoms. The monoisotopic (exact) mass is 222 g/mol. The standard InChI is InChI=1S/C14H6O3/c15-10-5-6-1-2-8-12-9(14(17)13(8)16)4-3-7(10)11(6)12/h1-4H,5H2. The molecule has 2 aromatic rings. The highest BCUT2D eigenvalue weighted by Crippen LogP contribution is 2.38. The lowest BCUT2D eigenvalue weighted by Gasteiger charge is -2.01. The van der Waals surface area contributed by atoms with Crippen molar-refractivity contribution < 1.29 is 14.4 Å². The number of carbonyl (C=O) groups is 3. The Balaban J connectivity index is 2.34. The smallest absolute Gasteiger partial charge is 0.234 e. The molecule has 4 rings (SSSR count). The predicted molar refractivity (Wildman–Crippen MR) is 60.6 cm³/mol. The number of benzene rings is 2. The number of hydrogen-bond acceptors (Lipinski definition) is 3. The second-order valence-corrected chi connectivity index (χ2v) is 4.44. The third-order valence-corrected chi connectivity index (χ3v) is 3.59. The molecule has 0 bridgehead atoms. The Morgan fingerprint density at radius 1 is 0.706 bits per heavy atom. The van der Waals surface area contributed by atoms with Gasteiger partial charge in [0, 0.05) is 28.5 Å². The summed E-state index contributed by atoms with van der Waals surface area (Å²) in [5, 5.41) is 1.49. The van der Waals surface area contributed by atoms with Gasteiger partial charge in [-0.15, -0.1) is 0 Å². The Morgan fingerprint density at radius 3 is 2.00 bits per heavy atom. The molecule has 0 spiro atoms. The highest BCUT2D eigenvalue weighted by atomic mass is 16.2.